The Kier molecular flexibility index (Phi) is 8.73. The summed E-state index contributed by atoms with van der Waals surface area (Å²) in [6.45, 7) is 4.80. The maximum absolute atomic E-state index is 13.6. The lowest BCUT2D eigenvalue weighted by molar-refractivity contribution is -0.126. The molecule has 2 aliphatic rings. The number of aliphatic imine (C=N–C) groups is 1. The van der Waals surface area contributed by atoms with Crippen molar-refractivity contribution in [1.29, 1.82) is 0 Å². The van der Waals surface area contributed by atoms with Crippen molar-refractivity contribution in [3.63, 3.8) is 0 Å². The Morgan fingerprint density at radius 3 is 2.59 bits per heavy atom. The van der Waals surface area contributed by atoms with E-state index in [4.69, 9.17) is 0 Å². The van der Waals surface area contributed by atoms with Crippen molar-refractivity contribution >= 4 is 35.8 Å². The summed E-state index contributed by atoms with van der Waals surface area (Å²) in [5.41, 5.74) is 0.712. The smallest absolute Gasteiger partial charge is 0.223 e. The van der Waals surface area contributed by atoms with Gasteiger partial charge < -0.3 is 16.0 Å². The van der Waals surface area contributed by atoms with Gasteiger partial charge in [-0.3, -0.25) is 9.79 Å². The van der Waals surface area contributed by atoms with Crippen LogP contribution in [0.2, 0.25) is 0 Å². The van der Waals surface area contributed by atoms with Gasteiger partial charge in [0, 0.05) is 37.0 Å². The molecule has 0 aromatic heterocycles. The molecule has 7 heteroatoms. The van der Waals surface area contributed by atoms with Crippen LogP contribution in [0.5, 0.6) is 0 Å². The summed E-state index contributed by atoms with van der Waals surface area (Å²) < 4.78 is 13.6. The number of carbonyl (C=O) groups is 1. The second kappa shape index (κ2) is 10.6. The second-order valence-electron chi connectivity index (χ2n) is 8.81. The van der Waals surface area contributed by atoms with Gasteiger partial charge in [-0.25, -0.2) is 4.39 Å². The summed E-state index contributed by atoms with van der Waals surface area (Å²) >= 11 is 0. The summed E-state index contributed by atoms with van der Waals surface area (Å²) in [4.78, 5) is 16.7. The monoisotopic (exact) mass is 516 g/mol. The van der Waals surface area contributed by atoms with Crippen molar-refractivity contribution in [2.45, 2.75) is 69.9 Å². The fourth-order valence-corrected chi connectivity index (χ4v) is 3.81. The first-order chi connectivity index (χ1) is 13.4. The molecule has 5 nitrogen and oxygen atoms in total. The minimum Gasteiger partial charge on any atom is -0.356 e. The average Bonchev–Trinajstić information content (AvgIpc) is 3.49. The Hall–Kier alpha value is -1.38. The Morgan fingerprint density at radius 1 is 1.17 bits per heavy atom. The molecule has 0 heterocycles. The lowest BCUT2D eigenvalue weighted by Gasteiger charge is -2.31. The van der Waals surface area contributed by atoms with E-state index in [0.29, 0.717) is 12.6 Å². The zero-order chi connectivity index (χ0) is 20.1. The van der Waals surface area contributed by atoms with Gasteiger partial charge in [0.1, 0.15) is 5.82 Å². The molecule has 3 N–H and O–H groups in total. The van der Waals surface area contributed by atoms with Crippen LogP contribution in [0.25, 0.3) is 0 Å². The summed E-state index contributed by atoms with van der Waals surface area (Å²) in [6.07, 6.45) is 6.14. The Bertz CT molecular complexity index is 721. The minimum absolute atomic E-state index is 0. The fourth-order valence-electron chi connectivity index (χ4n) is 3.81. The normalized spacial score (nSPS) is 22.4. The van der Waals surface area contributed by atoms with E-state index >= 15 is 0 Å². The molecule has 0 bridgehead atoms. The molecule has 0 aliphatic heterocycles. The van der Waals surface area contributed by atoms with Crippen LogP contribution in [0.15, 0.2) is 29.3 Å². The van der Waals surface area contributed by atoms with Crippen LogP contribution in [0.4, 0.5) is 4.39 Å². The number of benzene rings is 1. The van der Waals surface area contributed by atoms with Crippen molar-refractivity contribution in [3.8, 4) is 0 Å². The third kappa shape index (κ3) is 7.12. The minimum atomic E-state index is -0.237. The van der Waals surface area contributed by atoms with Crippen molar-refractivity contribution < 1.29 is 9.18 Å². The van der Waals surface area contributed by atoms with Crippen LogP contribution >= 0.6 is 24.0 Å². The molecule has 0 saturated heterocycles. The third-order valence-electron chi connectivity index (χ3n) is 5.84. The largest absolute Gasteiger partial charge is 0.356 e. The van der Waals surface area contributed by atoms with Crippen LogP contribution in [0.3, 0.4) is 0 Å². The van der Waals surface area contributed by atoms with Crippen molar-refractivity contribution in [2.75, 3.05) is 13.6 Å². The molecular weight excluding hydrogens is 482 g/mol. The molecule has 2 unspecified atom stereocenters. The average molecular weight is 516 g/mol. The summed E-state index contributed by atoms with van der Waals surface area (Å²) in [5.74, 6) is 0.821. The molecule has 0 radical (unpaired) electrons. The number of hydrogen-bond acceptors (Lipinski definition) is 2. The fraction of sp³-hybridized carbons (Fsp3) is 0.636. The lowest BCUT2D eigenvalue weighted by atomic mass is 9.84. The molecule has 0 spiro atoms. The van der Waals surface area contributed by atoms with Gasteiger partial charge in [-0.1, -0.05) is 32.4 Å². The van der Waals surface area contributed by atoms with E-state index in [-0.39, 0.29) is 53.1 Å². The van der Waals surface area contributed by atoms with Crippen LogP contribution in [-0.4, -0.2) is 37.5 Å². The quantitative estimate of drug-likeness (QED) is 0.307. The summed E-state index contributed by atoms with van der Waals surface area (Å²) in [7, 11) is 1.75. The van der Waals surface area contributed by atoms with E-state index in [9.17, 15) is 9.18 Å². The molecule has 1 aromatic carbocycles. The maximum atomic E-state index is 13.6. The number of amides is 1. The first kappa shape index (κ1) is 23.9. The Morgan fingerprint density at radius 2 is 1.93 bits per heavy atom. The number of rotatable bonds is 6. The number of nitrogens with zero attached hydrogens (tertiary/aromatic N) is 1. The first-order valence-corrected chi connectivity index (χ1v) is 10.4. The van der Waals surface area contributed by atoms with E-state index < -0.39 is 0 Å². The highest BCUT2D eigenvalue weighted by Gasteiger charge is 2.31. The SMILES string of the molecule is CN=C(NCC(C)(C)c1cccc(F)c1)NC1CCCC(C(=O)NC2CC2)C1.I. The van der Waals surface area contributed by atoms with Crippen LogP contribution in [0.1, 0.15) is 57.9 Å². The zero-order valence-electron chi connectivity index (χ0n) is 17.6. The molecule has 2 atom stereocenters. The van der Waals surface area contributed by atoms with Gasteiger partial charge >= 0.3 is 0 Å². The van der Waals surface area contributed by atoms with E-state index in [1.54, 1.807) is 19.2 Å². The topological polar surface area (TPSA) is 65.5 Å². The third-order valence-corrected chi connectivity index (χ3v) is 5.84. The molecular formula is C22H34FIN4O. The van der Waals surface area contributed by atoms with Gasteiger partial charge in [0.05, 0.1) is 0 Å². The maximum Gasteiger partial charge on any atom is 0.223 e. The van der Waals surface area contributed by atoms with Gasteiger partial charge in [-0.15, -0.1) is 24.0 Å². The van der Waals surface area contributed by atoms with Crippen LogP contribution in [-0.2, 0) is 10.2 Å². The molecule has 1 amide bonds. The van der Waals surface area contributed by atoms with Crippen molar-refractivity contribution in [1.82, 2.24) is 16.0 Å². The molecule has 2 fully saturated rings. The number of halogens is 2. The molecule has 3 rings (SSSR count). The zero-order valence-corrected chi connectivity index (χ0v) is 20.0. The van der Waals surface area contributed by atoms with Crippen molar-refractivity contribution in [2.24, 2.45) is 10.9 Å². The van der Waals surface area contributed by atoms with Gasteiger partial charge in [-0.05, 0) is 49.8 Å². The van der Waals surface area contributed by atoms with E-state index in [0.717, 1.165) is 50.0 Å². The van der Waals surface area contributed by atoms with Gasteiger partial charge in [-0.2, -0.15) is 0 Å². The summed E-state index contributed by atoms with van der Waals surface area (Å²) in [5, 5.41) is 9.99. The molecule has 29 heavy (non-hydrogen) atoms. The highest BCUT2D eigenvalue weighted by Crippen LogP contribution is 2.27. The van der Waals surface area contributed by atoms with Gasteiger partial charge in [0.15, 0.2) is 5.96 Å². The van der Waals surface area contributed by atoms with Gasteiger partial charge in [0.2, 0.25) is 5.91 Å². The highest BCUT2D eigenvalue weighted by molar-refractivity contribution is 14.0. The number of guanidine groups is 1. The van der Waals surface area contributed by atoms with E-state index in [1.165, 1.54) is 6.07 Å². The van der Waals surface area contributed by atoms with E-state index in [2.05, 4.69) is 34.8 Å². The highest BCUT2D eigenvalue weighted by atomic mass is 127. The van der Waals surface area contributed by atoms with Crippen LogP contribution in [0, 0.1) is 11.7 Å². The molecule has 2 saturated carbocycles. The first-order valence-electron chi connectivity index (χ1n) is 10.4. The number of nitrogens with one attached hydrogen (secondary N) is 3. The van der Waals surface area contributed by atoms with Crippen molar-refractivity contribution in [3.05, 3.63) is 35.6 Å². The lowest BCUT2D eigenvalue weighted by Crippen LogP contribution is -2.49. The Labute approximate surface area is 190 Å². The van der Waals surface area contributed by atoms with E-state index in [1.807, 2.05) is 6.07 Å². The predicted molar refractivity (Wildman–Crippen MR) is 126 cm³/mol. The number of carbonyl (C=O) groups excluding carboxylic acids is 1. The Balaban J connectivity index is 0.00000300. The number of hydrogen-bond donors (Lipinski definition) is 3. The van der Waals surface area contributed by atoms with Crippen LogP contribution < -0.4 is 16.0 Å². The molecule has 162 valence electrons. The second-order valence-corrected chi connectivity index (χ2v) is 8.81. The summed E-state index contributed by atoms with van der Waals surface area (Å²) in [6, 6.07) is 7.40. The molecule has 1 aromatic rings. The standard InChI is InChI=1S/C22H33FN4O.HI/c1-22(2,16-7-5-8-17(23)13-16)14-25-21(24-3)27-19-9-4-6-15(12-19)20(28)26-18-10-11-18;/h5,7-8,13,15,18-19H,4,6,9-12,14H2,1-3H3,(H,26,28)(H2,24,25,27);1H. The van der Waals surface area contributed by atoms with Gasteiger partial charge in [0.25, 0.3) is 0 Å². The predicted octanol–water partition coefficient (Wildman–Crippen LogP) is 3.72. The molecule has 2 aliphatic carbocycles.